The molecule has 1 N–H and O–H groups in total. The zero-order chi connectivity index (χ0) is 19.0. The molecule has 1 fully saturated rings. The lowest BCUT2D eigenvalue weighted by Gasteiger charge is -2.29. The van der Waals surface area contributed by atoms with Crippen molar-refractivity contribution in [2.24, 2.45) is 5.92 Å². The van der Waals surface area contributed by atoms with Crippen LogP contribution in [0.5, 0.6) is 0 Å². The predicted molar refractivity (Wildman–Crippen MR) is 103 cm³/mol. The molecule has 2 atom stereocenters. The summed E-state index contributed by atoms with van der Waals surface area (Å²) in [5, 5.41) is 10.2. The topological polar surface area (TPSA) is 63.8 Å². The Bertz CT molecular complexity index is 953. The molecule has 1 saturated carbocycles. The lowest BCUT2D eigenvalue weighted by Crippen LogP contribution is -2.24. The predicted octanol–water partition coefficient (Wildman–Crippen LogP) is 4.31. The number of halogens is 1. The first-order valence-corrected chi connectivity index (χ1v) is 9.69. The highest BCUT2D eigenvalue weighted by Crippen LogP contribution is 2.34. The Morgan fingerprint density at radius 3 is 2.81 bits per heavy atom. The van der Waals surface area contributed by atoms with Crippen molar-refractivity contribution in [2.75, 3.05) is 0 Å². The van der Waals surface area contributed by atoms with Crippen LogP contribution in [0.3, 0.4) is 0 Å². The van der Waals surface area contributed by atoms with Crippen molar-refractivity contribution in [1.82, 2.24) is 19.5 Å². The zero-order valence-electron chi connectivity index (χ0n) is 15.8. The van der Waals surface area contributed by atoms with Crippen molar-refractivity contribution in [3.63, 3.8) is 0 Å². The summed E-state index contributed by atoms with van der Waals surface area (Å²) in [5.74, 6) is 0.996. The van der Waals surface area contributed by atoms with Gasteiger partial charge < -0.3 is 9.67 Å². The van der Waals surface area contributed by atoms with E-state index in [-0.39, 0.29) is 12.1 Å². The van der Waals surface area contributed by atoms with E-state index in [2.05, 4.69) is 28.4 Å². The molecule has 1 unspecified atom stereocenters. The highest BCUT2D eigenvalue weighted by atomic mass is 19.1. The van der Waals surface area contributed by atoms with Crippen molar-refractivity contribution >= 4 is 11.0 Å². The summed E-state index contributed by atoms with van der Waals surface area (Å²) in [7, 11) is 0. The Hall–Kier alpha value is -2.34. The molecule has 4 rings (SSSR count). The number of rotatable bonds is 4. The Labute approximate surface area is 158 Å². The van der Waals surface area contributed by atoms with E-state index < -0.39 is 5.95 Å². The van der Waals surface area contributed by atoms with Crippen LogP contribution in [0.25, 0.3) is 22.4 Å². The lowest BCUT2D eigenvalue weighted by molar-refractivity contribution is 0.104. The van der Waals surface area contributed by atoms with Gasteiger partial charge in [-0.15, -0.1) is 0 Å². The van der Waals surface area contributed by atoms with Crippen molar-refractivity contribution in [3.8, 4) is 11.4 Å². The van der Waals surface area contributed by atoms with E-state index in [1.54, 1.807) is 18.3 Å². The minimum absolute atomic E-state index is 0.225. The number of aromatic nitrogens is 4. The zero-order valence-corrected chi connectivity index (χ0v) is 15.8. The summed E-state index contributed by atoms with van der Waals surface area (Å²) in [4.78, 5) is 13.2. The van der Waals surface area contributed by atoms with Crippen LogP contribution in [0.2, 0.25) is 0 Å². The van der Waals surface area contributed by atoms with Crippen molar-refractivity contribution in [2.45, 2.75) is 58.1 Å². The average Bonchev–Trinajstić information content (AvgIpc) is 2.97. The van der Waals surface area contributed by atoms with Gasteiger partial charge in [-0.3, -0.25) is 4.98 Å². The second-order valence-electron chi connectivity index (χ2n) is 7.87. The van der Waals surface area contributed by atoms with Crippen LogP contribution >= 0.6 is 0 Å². The van der Waals surface area contributed by atoms with Crippen LogP contribution in [-0.2, 0) is 6.42 Å². The van der Waals surface area contributed by atoms with Gasteiger partial charge in [0.05, 0.1) is 29.2 Å². The van der Waals surface area contributed by atoms with Gasteiger partial charge in [-0.25, -0.2) is 9.97 Å². The number of fused-ring (bicyclic) bond motifs is 1. The van der Waals surface area contributed by atoms with Gasteiger partial charge in [0.2, 0.25) is 5.95 Å². The molecule has 0 spiro atoms. The molecule has 0 aromatic carbocycles. The van der Waals surface area contributed by atoms with Gasteiger partial charge in [0.25, 0.3) is 0 Å². The van der Waals surface area contributed by atoms with Crippen LogP contribution < -0.4 is 0 Å². The summed E-state index contributed by atoms with van der Waals surface area (Å²) >= 11 is 0. The number of nitrogens with zero attached hydrogens (tertiary/aromatic N) is 4. The second kappa shape index (κ2) is 7.35. The first kappa shape index (κ1) is 18.0. The minimum Gasteiger partial charge on any atom is -0.393 e. The largest absolute Gasteiger partial charge is 0.393 e. The molecule has 1 aliphatic carbocycles. The summed E-state index contributed by atoms with van der Waals surface area (Å²) in [6, 6.07) is 6.91. The molecule has 0 radical (unpaired) electrons. The van der Waals surface area contributed by atoms with Gasteiger partial charge in [-0.2, -0.15) is 4.39 Å². The van der Waals surface area contributed by atoms with Gasteiger partial charge in [0.1, 0.15) is 11.3 Å². The number of imidazole rings is 1. The van der Waals surface area contributed by atoms with Gasteiger partial charge in [-0.05, 0) is 49.8 Å². The summed E-state index contributed by atoms with van der Waals surface area (Å²) < 4.78 is 15.8. The molecule has 3 aromatic heterocycles. The van der Waals surface area contributed by atoms with Crippen LogP contribution in [-0.4, -0.2) is 30.7 Å². The molecule has 3 heterocycles. The summed E-state index contributed by atoms with van der Waals surface area (Å²) in [6.45, 7) is 4.36. The fourth-order valence-electron chi connectivity index (χ4n) is 4.03. The first-order chi connectivity index (χ1) is 13.0. The molecule has 0 amide bonds. The fourth-order valence-corrected chi connectivity index (χ4v) is 4.03. The highest BCUT2D eigenvalue weighted by Gasteiger charge is 2.26. The normalized spacial score (nSPS) is 20.5. The molecule has 27 heavy (non-hydrogen) atoms. The van der Waals surface area contributed by atoms with Gasteiger partial charge in [-0.1, -0.05) is 19.9 Å². The Balaban J connectivity index is 1.84. The van der Waals surface area contributed by atoms with Gasteiger partial charge in [0, 0.05) is 12.5 Å². The van der Waals surface area contributed by atoms with E-state index in [0.717, 1.165) is 49.0 Å². The Morgan fingerprint density at radius 2 is 2.07 bits per heavy atom. The first-order valence-electron chi connectivity index (χ1n) is 9.69. The van der Waals surface area contributed by atoms with Crippen LogP contribution in [0.15, 0.2) is 30.5 Å². The summed E-state index contributed by atoms with van der Waals surface area (Å²) in [6.07, 6.45) is 6.00. The number of hydrogen-bond acceptors (Lipinski definition) is 4. The number of pyridine rings is 2. The number of aliphatic hydroxyl groups is 1. The number of aliphatic hydroxyl groups excluding tert-OH is 1. The van der Waals surface area contributed by atoms with Crippen LogP contribution in [0.1, 0.15) is 51.4 Å². The molecule has 0 saturated heterocycles. The molecule has 0 aliphatic heterocycles. The molecule has 1 aliphatic rings. The lowest BCUT2D eigenvalue weighted by atomic mass is 9.92. The van der Waals surface area contributed by atoms with E-state index >= 15 is 0 Å². The van der Waals surface area contributed by atoms with Crippen molar-refractivity contribution in [3.05, 3.63) is 42.2 Å². The Morgan fingerprint density at radius 1 is 1.22 bits per heavy atom. The molecule has 142 valence electrons. The maximum Gasteiger partial charge on any atom is 0.213 e. The van der Waals surface area contributed by atoms with E-state index in [0.29, 0.717) is 17.3 Å². The summed E-state index contributed by atoms with van der Waals surface area (Å²) in [5.41, 5.74) is 2.97. The van der Waals surface area contributed by atoms with E-state index in [9.17, 15) is 9.50 Å². The number of hydrogen-bond donors (Lipinski definition) is 1. The molecule has 0 bridgehead atoms. The maximum atomic E-state index is 13.5. The molecule has 3 aromatic rings. The van der Waals surface area contributed by atoms with E-state index in [1.165, 1.54) is 6.07 Å². The fraction of sp³-hybridized carbons (Fsp3) is 0.476. The highest BCUT2D eigenvalue weighted by molar-refractivity contribution is 5.79. The van der Waals surface area contributed by atoms with Gasteiger partial charge >= 0.3 is 0 Å². The average molecular weight is 368 g/mol. The smallest absolute Gasteiger partial charge is 0.213 e. The molecule has 5 nitrogen and oxygen atoms in total. The van der Waals surface area contributed by atoms with Crippen molar-refractivity contribution < 1.29 is 9.50 Å². The quantitative estimate of drug-likeness (QED) is 0.697. The van der Waals surface area contributed by atoms with Crippen molar-refractivity contribution in [1.29, 1.82) is 0 Å². The standard InChI is InChI=1S/C21H25FN4O/c1-13(2)9-21-25-18-12-23-17(16-7-4-8-20(22)24-16)11-19(18)26(21)14-5-3-6-15(27)10-14/h4,7-8,11-15,27H,3,5-6,9-10H2,1-2H3/t14?,15-/m1/s1. The monoisotopic (exact) mass is 368 g/mol. The van der Waals surface area contributed by atoms with Gasteiger partial charge in [0.15, 0.2) is 0 Å². The SMILES string of the molecule is CC(C)Cc1nc2cnc(-c3cccc(F)n3)cc2n1C1CCC[C@@H](O)C1. The van der Waals surface area contributed by atoms with Crippen LogP contribution in [0, 0.1) is 11.9 Å². The second-order valence-corrected chi connectivity index (χ2v) is 7.87. The maximum absolute atomic E-state index is 13.5. The Kier molecular flexibility index (Phi) is 4.91. The third-order valence-electron chi connectivity index (χ3n) is 5.20. The molecule has 6 heteroatoms. The third-order valence-corrected chi connectivity index (χ3v) is 5.20. The van der Waals surface area contributed by atoms with E-state index in [4.69, 9.17) is 4.98 Å². The van der Waals surface area contributed by atoms with Crippen LogP contribution in [0.4, 0.5) is 4.39 Å². The third kappa shape index (κ3) is 3.72. The minimum atomic E-state index is -0.515. The molecular weight excluding hydrogens is 343 g/mol. The van der Waals surface area contributed by atoms with E-state index in [1.807, 2.05) is 6.07 Å². The molecular formula is C21H25FN4O.